The number of amides is 1. The topological polar surface area (TPSA) is 77.2 Å². The zero-order valence-electron chi connectivity index (χ0n) is 16.5. The molecule has 0 aliphatic carbocycles. The van der Waals surface area contributed by atoms with Gasteiger partial charge >= 0.3 is 5.69 Å². The van der Waals surface area contributed by atoms with Crippen LogP contribution in [0.3, 0.4) is 0 Å². The van der Waals surface area contributed by atoms with Crippen LogP contribution in [0.2, 0.25) is 0 Å². The molecular formula is C21H20F2N4O3. The molecule has 3 aromatic rings. The number of halogens is 2. The number of nitrogens with zero attached hydrogens (tertiary/aromatic N) is 4. The molecule has 9 heteroatoms. The van der Waals surface area contributed by atoms with Gasteiger partial charge in [0, 0.05) is 13.1 Å². The van der Waals surface area contributed by atoms with Crippen LogP contribution >= 0.6 is 0 Å². The second-order valence-electron chi connectivity index (χ2n) is 6.51. The maximum absolute atomic E-state index is 13.3. The summed E-state index contributed by atoms with van der Waals surface area (Å²) in [4.78, 5) is 40.2. The molecule has 0 aliphatic heterocycles. The summed E-state index contributed by atoms with van der Waals surface area (Å²) >= 11 is 0. The highest BCUT2D eigenvalue weighted by molar-refractivity contribution is 5.91. The Hall–Kier alpha value is -3.62. The Kier molecular flexibility index (Phi) is 6.20. The third-order valence-corrected chi connectivity index (χ3v) is 4.64. The van der Waals surface area contributed by atoms with E-state index >= 15 is 0 Å². The Labute approximate surface area is 170 Å². The van der Waals surface area contributed by atoms with Crippen molar-refractivity contribution < 1.29 is 13.6 Å². The van der Waals surface area contributed by atoms with Crippen molar-refractivity contribution in [1.82, 2.24) is 19.2 Å². The fourth-order valence-electron chi connectivity index (χ4n) is 2.97. The lowest BCUT2D eigenvalue weighted by Gasteiger charge is -2.19. The van der Waals surface area contributed by atoms with E-state index in [2.05, 4.69) is 5.10 Å². The molecular weight excluding hydrogens is 394 g/mol. The van der Waals surface area contributed by atoms with E-state index < -0.39 is 34.5 Å². The fraction of sp³-hybridized carbons (Fsp3) is 0.238. The zero-order chi connectivity index (χ0) is 21.8. The Morgan fingerprint density at radius 2 is 1.47 bits per heavy atom. The maximum atomic E-state index is 13.3. The monoisotopic (exact) mass is 414 g/mol. The first-order valence-electron chi connectivity index (χ1n) is 9.39. The van der Waals surface area contributed by atoms with Crippen molar-refractivity contribution in [2.75, 3.05) is 13.1 Å². The lowest BCUT2D eigenvalue weighted by molar-refractivity contribution is 0.0761. The van der Waals surface area contributed by atoms with Crippen LogP contribution in [0.4, 0.5) is 8.78 Å². The van der Waals surface area contributed by atoms with Crippen molar-refractivity contribution in [3.05, 3.63) is 92.3 Å². The van der Waals surface area contributed by atoms with Crippen LogP contribution in [0.25, 0.3) is 5.69 Å². The Morgan fingerprint density at radius 1 is 0.933 bits per heavy atom. The van der Waals surface area contributed by atoms with Gasteiger partial charge in [0.15, 0.2) is 0 Å². The summed E-state index contributed by atoms with van der Waals surface area (Å²) in [6, 6.07) is 10.2. The van der Waals surface area contributed by atoms with Gasteiger partial charge in [0.1, 0.15) is 11.6 Å². The van der Waals surface area contributed by atoms with Crippen LogP contribution in [-0.4, -0.2) is 38.2 Å². The van der Waals surface area contributed by atoms with Gasteiger partial charge in [0.2, 0.25) is 5.69 Å². The van der Waals surface area contributed by atoms with Gasteiger partial charge in [0.25, 0.3) is 11.5 Å². The molecule has 1 aromatic heterocycles. The van der Waals surface area contributed by atoms with Crippen LogP contribution < -0.4 is 11.2 Å². The van der Waals surface area contributed by atoms with Crippen molar-refractivity contribution >= 4 is 5.91 Å². The largest absolute Gasteiger partial charge is 0.352 e. The van der Waals surface area contributed by atoms with Gasteiger partial charge in [-0.25, -0.2) is 13.6 Å². The quantitative estimate of drug-likeness (QED) is 0.620. The normalized spacial score (nSPS) is 10.8. The first-order chi connectivity index (χ1) is 14.3. The highest BCUT2D eigenvalue weighted by Crippen LogP contribution is 2.07. The minimum Gasteiger partial charge on any atom is -0.338 e. The highest BCUT2D eigenvalue weighted by atomic mass is 19.1. The molecule has 0 radical (unpaired) electrons. The standard InChI is InChI=1S/C21H20F2N4O3/c1-3-25(4-2)19(28)18-20(29)26(13-14-5-7-15(22)8-6-14)21(30)27(24-18)17-11-9-16(23)10-12-17/h5-12H,3-4,13H2,1-2H3. The summed E-state index contributed by atoms with van der Waals surface area (Å²) < 4.78 is 28.3. The molecule has 3 rings (SSSR count). The van der Waals surface area contributed by atoms with E-state index in [1.165, 1.54) is 41.3 Å². The number of hydrogen-bond donors (Lipinski definition) is 0. The molecule has 0 fully saturated rings. The van der Waals surface area contributed by atoms with E-state index in [0.717, 1.165) is 21.4 Å². The first-order valence-corrected chi connectivity index (χ1v) is 9.39. The number of hydrogen-bond acceptors (Lipinski definition) is 4. The lowest BCUT2D eigenvalue weighted by Crippen LogP contribution is -2.46. The number of aromatic nitrogens is 3. The van der Waals surface area contributed by atoms with Crippen molar-refractivity contribution in [3.63, 3.8) is 0 Å². The van der Waals surface area contributed by atoms with Crippen molar-refractivity contribution in [3.8, 4) is 5.69 Å². The third kappa shape index (κ3) is 4.19. The Balaban J connectivity index is 2.22. The van der Waals surface area contributed by atoms with Gasteiger partial charge in [0.05, 0.1) is 12.2 Å². The van der Waals surface area contributed by atoms with Gasteiger partial charge in [-0.2, -0.15) is 9.78 Å². The van der Waals surface area contributed by atoms with E-state index in [9.17, 15) is 23.2 Å². The maximum Gasteiger partial charge on any atom is 0.352 e. The molecule has 1 amide bonds. The zero-order valence-corrected chi connectivity index (χ0v) is 16.5. The molecule has 0 N–H and O–H groups in total. The van der Waals surface area contributed by atoms with E-state index in [-0.39, 0.29) is 12.2 Å². The second-order valence-corrected chi connectivity index (χ2v) is 6.51. The molecule has 0 saturated carbocycles. The SMILES string of the molecule is CCN(CC)C(=O)c1nn(-c2ccc(F)cc2)c(=O)n(Cc2ccc(F)cc2)c1=O. The molecule has 156 valence electrons. The summed E-state index contributed by atoms with van der Waals surface area (Å²) in [5.74, 6) is -1.58. The summed E-state index contributed by atoms with van der Waals surface area (Å²) in [6.45, 7) is 4.04. The van der Waals surface area contributed by atoms with Crippen LogP contribution in [0.1, 0.15) is 29.9 Å². The van der Waals surface area contributed by atoms with Gasteiger partial charge in [-0.15, -0.1) is 0 Å². The molecule has 0 bridgehead atoms. The summed E-state index contributed by atoms with van der Waals surface area (Å²) in [5.41, 5.74) is -1.38. The minimum atomic E-state index is -0.848. The first kappa shape index (κ1) is 21.1. The van der Waals surface area contributed by atoms with Crippen molar-refractivity contribution in [2.24, 2.45) is 0 Å². The number of benzene rings is 2. The molecule has 1 heterocycles. The predicted molar refractivity (Wildman–Crippen MR) is 107 cm³/mol. The second kappa shape index (κ2) is 8.81. The molecule has 30 heavy (non-hydrogen) atoms. The fourth-order valence-corrected chi connectivity index (χ4v) is 2.97. The molecule has 0 unspecified atom stereocenters. The minimum absolute atomic E-state index is 0.180. The van der Waals surface area contributed by atoms with Gasteiger partial charge in [-0.1, -0.05) is 12.1 Å². The number of carbonyl (C=O) groups excluding carboxylic acids is 1. The van der Waals surface area contributed by atoms with E-state index in [0.29, 0.717) is 18.7 Å². The van der Waals surface area contributed by atoms with E-state index in [1.54, 1.807) is 13.8 Å². The molecule has 0 spiro atoms. The predicted octanol–water partition coefficient (Wildman–Crippen LogP) is 2.20. The summed E-state index contributed by atoms with van der Waals surface area (Å²) in [7, 11) is 0. The van der Waals surface area contributed by atoms with Gasteiger partial charge in [-0.05, 0) is 55.8 Å². The molecule has 2 aromatic carbocycles. The third-order valence-electron chi connectivity index (χ3n) is 4.64. The molecule has 0 atom stereocenters. The van der Waals surface area contributed by atoms with E-state index in [4.69, 9.17) is 0 Å². The van der Waals surface area contributed by atoms with Crippen molar-refractivity contribution in [1.29, 1.82) is 0 Å². The Bertz CT molecular complexity index is 1160. The van der Waals surface area contributed by atoms with Gasteiger partial charge < -0.3 is 4.90 Å². The summed E-state index contributed by atoms with van der Waals surface area (Å²) in [6.07, 6.45) is 0. The van der Waals surface area contributed by atoms with Gasteiger partial charge in [-0.3, -0.25) is 14.2 Å². The molecule has 0 aliphatic rings. The van der Waals surface area contributed by atoms with Crippen LogP contribution in [-0.2, 0) is 6.54 Å². The van der Waals surface area contributed by atoms with Crippen LogP contribution in [0, 0.1) is 11.6 Å². The molecule has 0 saturated heterocycles. The Morgan fingerprint density at radius 3 is 2.00 bits per heavy atom. The number of carbonyl (C=O) groups is 1. The smallest absolute Gasteiger partial charge is 0.338 e. The van der Waals surface area contributed by atoms with Crippen molar-refractivity contribution in [2.45, 2.75) is 20.4 Å². The number of rotatable bonds is 6. The molecule has 7 nitrogen and oxygen atoms in total. The lowest BCUT2D eigenvalue weighted by atomic mass is 10.2. The average Bonchev–Trinajstić information content (AvgIpc) is 2.74. The van der Waals surface area contributed by atoms with E-state index in [1.807, 2.05) is 0 Å². The van der Waals surface area contributed by atoms with Crippen LogP contribution in [0.15, 0.2) is 58.1 Å². The summed E-state index contributed by atoms with van der Waals surface area (Å²) in [5, 5.41) is 4.00. The van der Waals surface area contributed by atoms with Crippen LogP contribution in [0.5, 0.6) is 0 Å². The highest BCUT2D eigenvalue weighted by Gasteiger charge is 2.23. The average molecular weight is 414 g/mol.